The van der Waals surface area contributed by atoms with Crippen LogP contribution >= 0.6 is 0 Å². The Morgan fingerprint density at radius 2 is 0.885 bits per heavy atom. The van der Waals surface area contributed by atoms with E-state index in [4.69, 9.17) is 10.2 Å². The van der Waals surface area contributed by atoms with Gasteiger partial charge in [-0.1, -0.05) is 0 Å². The number of carboxylic acids is 2. The molecule has 0 bridgehead atoms. The van der Waals surface area contributed by atoms with Crippen molar-refractivity contribution in [3.05, 3.63) is 0 Å². The first kappa shape index (κ1) is 28.4. The average Bonchev–Trinajstić information content (AvgIpc) is 2.58. The minimum absolute atomic E-state index is 0.0752. The van der Waals surface area contributed by atoms with Gasteiger partial charge in [0.25, 0.3) is 0 Å². The van der Waals surface area contributed by atoms with Crippen molar-refractivity contribution in [3.63, 3.8) is 0 Å². The van der Waals surface area contributed by atoms with E-state index < -0.39 is 18.4 Å². The summed E-state index contributed by atoms with van der Waals surface area (Å²) in [4.78, 5) is 18.9. The Labute approximate surface area is 179 Å². The molecule has 0 fully saturated rings. The maximum Gasteiger partial charge on any atom is 0.314 e. The van der Waals surface area contributed by atoms with Crippen molar-refractivity contribution in [1.82, 2.24) is 0 Å². The number of rotatable bonds is 18. The molecule has 0 aromatic rings. The first-order valence-electron chi connectivity index (χ1n) is 11.0. The maximum absolute atomic E-state index is 9.43. The molecular formula is C21H42CaO4. The van der Waals surface area contributed by atoms with Gasteiger partial charge in [-0.2, -0.15) is 0 Å². The Morgan fingerprint density at radius 1 is 0.577 bits per heavy atom. The summed E-state index contributed by atoms with van der Waals surface area (Å²) in [6.07, 6.45) is 20.1. The van der Waals surface area contributed by atoms with Gasteiger partial charge in [0.2, 0.25) is 0 Å². The summed E-state index contributed by atoms with van der Waals surface area (Å²) in [5.74, 6) is -2.62. The molecule has 5 heteroatoms. The van der Waals surface area contributed by atoms with Crippen molar-refractivity contribution in [2.24, 2.45) is 0 Å². The van der Waals surface area contributed by atoms with Crippen molar-refractivity contribution in [2.75, 3.05) is 0 Å². The largest absolute Gasteiger partial charge is 0.481 e. The maximum atomic E-state index is 9.43. The first-order chi connectivity index (χ1) is 12.5. The van der Waals surface area contributed by atoms with Crippen LogP contribution in [0.4, 0.5) is 0 Å². The van der Waals surface area contributed by atoms with E-state index in [1.165, 1.54) is 77.0 Å². The monoisotopic (exact) mass is 398 g/mol. The van der Waals surface area contributed by atoms with E-state index in [9.17, 15) is 9.59 Å². The van der Waals surface area contributed by atoms with Crippen LogP contribution in [-0.2, 0) is 9.59 Å². The van der Waals surface area contributed by atoms with E-state index in [0.29, 0.717) is 0 Å². The van der Waals surface area contributed by atoms with Crippen LogP contribution in [0.15, 0.2) is 0 Å². The fraction of sp³-hybridized carbons (Fsp3) is 0.905. The quantitative estimate of drug-likeness (QED) is 0.155. The van der Waals surface area contributed by atoms with Crippen molar-refractivity contribution < 1.29 is 19.8 Å². The van der Waals surface area contributed by atoms with Crippen LogP contribution in [-0.4, -0.2) is 56.0 Å². The van der Waals surface area contributed by atoms with Gasteiger partial charge in [-0.3, -0.25) is 9.59 Å². The molecule has 0 radical (unpaired) electrons. The molecule has 152 valence electrons. The van der Waals surface area contributed by atoms with E-state index in [1.807, 2.05) is 0 Å². The molecule has 0 saturated heterocycles. The minimum Gasteiger partial charge on any atom is -0.481 e. The number of unbranched alkanes of at least 4 members (excludes halogenated alkanes) is 12. The van der Waals surface area contributed by atoms with Crippen molar-refractivity contribution in [3.8, 4) is 0 Å². The second-order valence-corrected chi connectivity index (χ2v) is 10.6. The number of hydrogen-bond donors (Lipinski definition) is 2. The molecular weight excluding hydrogens is 356 g/mol. The zero-order valence-corrected chi connectivity index (χ0v) is 19.6. The molecule has 4 nitrogen and oxygen atoms in total. The van der Waals surface area contributed by atoms with Crippen LogP contribution in [0.5, 0.6) is 0 Å². The second kappa shape index (κ2) is 25.2. The molecule has 0 spiro atoms. The number of carbonyl (C=O) groups is 2. The molecule has 0 atom stereocenters. The zero-order chi connectivity index (χ0) is 19.9. The van der Waals surface area contributed by atoms with Crippen LogP contribution < -0.4 is 0 Å². The van der Waals surface area contributed by atoms with Gasteiger partial charge in [0.1, 0.15) is 6.42 Å². The van der Waals surface area contributed by atoms with Gasteiger partial charge in [-0.05, 0) is 0 Å². The molecule has 0 saturated carbocycles. The third-order valence-corrected chi connectivity index (χ3v) is 7.63. The normalized spacial score (nSPS) is 9.92. The molecule has 26 heavy (non-hydrogen) atoms. The fourth-order valence-corrected chi connectivity index (χ4v) is 5.69. The van der Waals surface area contributed by atoms with Crippen LogP contribution in [0.2, 0.25) is 5.04 Å². The van der Waals surface area contributed by atoms with Crippen LogP contribution in [0.1, 0.15) is 110 Å². The summed E-state index contributed by atoms with van der Waals surface area (Å²) in [7, 11) is 0. The predicted octanol–water partition coefficient (Wildman–Crippen LogP) is 6.57. The molecule has 0 aliphatic rings. The third kappa shape index (κ3) is 31.9. The van der Waals surface area contributed by atoms with Crippen molar-refractivity contribution in [1.29, 1.82) is 0 Å². The summed E-state index contributed by atoms with van der Waals surface area (Å²) in [6.45, 7) is 4.61. The Morgan fingerprint density at radius 3 is 1.19 bits per heavy atom. The summed E-state index contributed by atoms with van der Waals surface area (Å²) in [5.41, 5.74) is 0. The smallest absolute Gasteiger partial charge is 0.314 e. The topological polar surface area (TPSA) is 74.6 Å². The van der Waals surface area contributed by atoms with Gasteiger partial charge in [0.15, 0.2) is 0 Å². The number of carboxylic acid groups (broad SMARTS) is 2. The van der Waals surface area contributed by atoms with E-state index in [1.54, 1.807) is 17.9 Å². The van der Waals surface area contributed by atoms with E-state index >= 15 is 0 Å². The third-order valence-electron chi connectivity index (χ3n) is 4.51. The summed E-state index contributed by atoms with van der Waals surface area (Å²) >= 11 is -0.0752. The summed E-state index contributed by atoms with van der Waals surface area (Å²) < 4.78 is 3.35. The van der Waals surface area contributed by atoms with Gasteiger partial charge in [-0.15, -0.1) is 0 Å². The van der Waals surface area contributed by atoms with Crippen LogP contribution in [0.25, 0.3) is 0 Å². The number of aliphatic carboxylic acids is 2. The summed E-state index contributed by atoms with van der Waals surface area (Å²) in [5, 5.41) is 15.4. The van der Waals surface area contributed by atoms with Crippen molar-refractivity contribution in [2.45, 2.75) is 115 Å². The molecule has 0 unspecified atom stereocenters. The Bertz CT molecular complexity index is 280. The van der Waals surface area contributed by atoms with E-state index in [-0.39, 0.29) is 33.8 Å². The zero-order valence-electron chi connectivity index (χ0n) is 17.4. The Hall–Kier alpha value is 0.200. The molecule has 0 rings (SSSR count). The van der Waals surface area contributed by atoms with Gasteiger partial charge in [-0.25, -0.2) is 0 Å². The molecule has 0 heterocycles. The Kier molecular flexibility index (Phi) is 27.5. The van der Waals surface area contributed by atoms with Crippen LogP contribution in [0.3, 0.4) is 0 Å². The second-order valence-electron chi connectivity index (χ2n) is 7.27. The van der Waals surface area contributed by atoms with Gasteiger partial charge in [0, 0.05) is 0 Å². The predicted molar refractivity (Wildman–Crippen MR) is 111 cm³/mol. The molecule has 0 aliphatic heterocycles. The molecule has 0 aromatic heterocycles. The summed E-state index contributed by atoms with van der Waals surface area (Å²) in [6, 6.07) is 0. The number of hydrogen-bond acceptors (Lipinski definition) is 2. The standard InChI is InChI=1S/C12H25.C6H13.C3H4O4.Ca/c1-3-5-7-9-11-12-10-8-6-4-2;1-3-5-6-4-2;4-2(5)1-3(6)7;/h1,3-12H2,2H3;1,3-6H2,2H3;1H2,(H,4,5)(H,6,7);. The molecule has 2 N–H and O–H groups in total. The van der Waals surface area contributed by atoms with E-state index in [2.05, 4.69) is 13.8 Å². The van der Waals surface area contributed by atoms with Gasteiger partial charge >= 0.3 is 155 Å². The van der Waals surface area contributed by atoms with Gasteiger partial charge in [0.05, 0.1) is 0 Å². The molecule has 0 aliphatic carbocycles. The molecule has 0 aromatic carbocycles. The van der Waals surface area contributed by atoms with E-state index in [0.717, 1.165) is 0 Å². The fourth-order valence-electron chi connectivity index (χ4n) is 2.93. The van der Waals surface area contributed by atoms with Crippen molar-refractivity contribution >= 4 is 45.8 Å². The average molecular weight is 399 g/mol. The Balaban J connectivity index is 0. The minimum atomic E-state index is -1.31. The SMILES string of the molecule is CCCCCCCCCCC[CH2][Ca][CH2]CCCCC.O=C(O)CC(=O)O. The first-order valence-corrected chi connectivity index (χ1v) is 14.1. The van der Waals surface area contributed by atoms with Gasteiger partial charge < -0.3 is 10.2 Å². The molecule has 0 amide bonds. The van der Waals surface area contributed by atoms with Crippen LogP contribution in [0, 0.1) is 0 Å².